The molecule has 100 valence electrons. The van der Waals surface area contributed by atoms with Crippen LogP contribution in [0.3, 0.4) is 0 Å². The third-order valence-corrected chi connectivity index (χ3v) is 5.40. The van der Waals surface area contributed by atoms with E-state index in [4.69, 9.17) is 0 Å². The molecule has 9 heteroatoms. The number of aryl methyl sites for hydroxylation is 1. The van der Waals surface area contributed by atoms with Crippen LogP contribution in [-0.2, 0) is 0 Å². The van der Waals surface area contributed by atoms with E-state index in [9.17, 15) is 0 Å². The fourth-order valence-electron chi connectivity index (χ4n) is 1.84. The second-order valence-corrected chi connectivity index (χ2v) is 6.68. The smallest absolute Gasteiger partial charge is 0.235 e. The van der Waals surface area contributed by atoms with Crippen molar-refractivity contribution in [1.29, 1.82) is 0 Å². The van der Waals surface area contributed by atoms with Crippen LogP contribution < -0.4 is 0 Å². The molecule has 4 heterocycles. The van der Waals surface area contributed by atoms with Gasteiger partial charge in [-0.1, -0.05) is 11.3 Å². The first-order valence-electron chi connectivity index (χ1n) is 5.69. The number of aromatic amines is 1. The second-order valence-electron chi connectivity index (χ2n) is 4.15. The van der Waals surface area contributed by atoms with Crippen molar-refractivity contribution in [3.8, 4) is 22.1 Å². The van der Waals surface area contributed by atoms with Crippen molar-refractivity contribution in [2.24, 2.45) is 0 Å². The molecule has 0 saturated carbocycles. The Kier molecular flexibility index (Phi) is 2.72. The largest absolute Gasteiger partial charge is 0.281 e. The lowest BCUT2D eigenvalue weighted by Crippen LogP contribution is -1.89. The minimum Gasteiger partial charge on any atom is -0.281 e. The summed E-state index contributed by atoms with van der Waals surface area (Å²) in [4.78, 5) is 0.758. The summed E-state index contributed by atoms with van der Waals surface area (Å²) in [5.41, 5.74) is 2.80. The molecule has 0 radical (unpaired) electrons. The Hall–Kier alpha value is -1.58. The van der Waals surface area contributed by atoms with Crippen LogP contribution in [0.5, 0.6) is 0 Å². The van der Waals surface area contributed by atoms with E-state index in [-0.39, 0.29) is 0 Å². The van der Waals surface area contributed by atoms with Crippen LogP contribution in [0.1, 0.15) is 5.69 Å². The van der Waals surface area contributed by atoms with Crippen LogP contribution >= 0.6 is 38.6 Å². The molecule has 0 fully saturated rings. The molecule has 4 aromatic heterocycles. The number of nitrogens with zero attached hydrogens (tertiary/aromatic N) is 5. The summed E-state index contributed by atoms with van der Waals surface area (Å²) in [5, 5.41) is 25.0. The van der Waals surface area contributed by atoms with Crippen molar-refractivity contribution in [2.75, 3.05) is 0 Å². The Labute approximate surface area is 129 Å². The van der Waals surface area contributed by atoms with Crippen molar-refractivity contribution >= 4 is 43.6 Å². The standard InChI is InChI=1S/C11H7BrN6S2/c1-5-7(12)8(14-13-5)10-17-18-9(6-2-3-19-4-6)15-16-11(18)20-10/h2-4H,1H3,(H,13,14). The first-order chi connectivity index (χ1) is 9.74. The van der Waals surface area contributed by atoms with Crippen molar-refractivity contribution in [3.63, 3.8) is 0 Å². The topological polar surface area (TPSA) is 71.8 Å². The Morgan fingerprint density at radius 3 is 2.95 bits per heavy atom. The minimum absolute atomic E-state index is 0.757. The first kappa shape index (κ1) is 12.2. The third-order valence-electron chi connectivity index (χ3n) is 2.85. The van der Waals surface area contributed by atoms with Gasteiger partial charge in [0.2, 0.25) is 4.96 Å². The Bertz CT molecular complexity index is 888. The van der Waals surface area contributed by atoms with E-state index in [2.05, 4.69) is 41.4 Å². The lowest BCUT2D eigenvalue weighted by molar-refractivity contribution is 0.963. The maximum absolute atomic E-state index is 4.58. The number of hydrogen-bond donors (Lipinski definition) is 1. The number of halogens is 1. The molecule has 0 amide bonds. The molecule has 0 bridgehead atoms. The van der Waals surface area contributed by atoms with Gasteiger partial charge in [-0.3, -0.25) is 5.10 Å². The Balaban J connectivity index is 1.90. The average Bonchev–Trinajstić information content (AvgIpc) is 3.15. The summed E-state index contributed by atoms with van der Waals surface area (Å²) >= 11 is 6.61. The highest BCUT2D eigenvalue weighted by atomic mass is 79.9. The van der Waals surface area contributed by atoms with Gasteiger partial charge < -0.3 is 0 Å². The van der Waals surface area contributed by atoms with Crippen LogP contribution in [0.25, 0.3) is 27.1 Å². The minimum atomic E-state index is 0.757. The van der Waals surface area contributed by atoms with Gasteiger partial charge in [-0.05, 0) is 34.3 Å². The molecular weight excluding hydrogens is 360 g/mol. The van der Waals surface area contributed by atoms with E-state index in [1.807, 2.05) is 23.8 Å². The summed E-state index contributed by atoms with van der Waals surface area (Å²) in [6, 6.07) is 2.01. The molecule has 0 aliphatic carbocycles. The highest BCUT2D eigenvalue weighted by molar-refractivity contribution is 9.10. The van der Waals surface area contributed by atoms with Crippen molar-refractivity contribution in [3.05, 3.63) is 27.0 Å². The molecule has 0 aliphatic rings. The Morgan fingerprint density at radius 2 is 2.25 bits per heavy atom. The highest BCUT2D eigenvalue weighted by Gasteiger charge is 2.18. The van der Waals surface area contributed by atoms with E-state index in [0.29, 0.717) is 0 Å². The highest BCUT2D eigenvalue weighted by Crippen LogP contribution is 2.32. The maximum Gasteiger partial charge on any atom is 0.235 e. The molecule has 0 aromatic carbocycles. The van der Waals surface area contributed by atoms with E-state index >= 15 is 0 Å². The summed E-state index contributed by atoms with van der Waals surface area (Å²) < 4.78 is 2.69. The van der Waals surface area contributed by atoms with Crippen LogP contribution in [0.4, 0.5) is 0 Å². The predicted octanol–water partition coefficient (Wildman–Crippen LogP) is 3.38. The van der Waals surface area contributed by atoms with Crippen LogP contribution in [0, 0.1) is 6.92 Å². The molecule has 0 saturated heterocycles. The number of thiophene rings is 1. The zero-order valence-electron chi connectivity index (χ0n) is 10.2. The summed E-state index contributed by atoms with van der Waals surface area (Å²) in [6.07, 6.45) is 0. The molecule has 4 aromatic rings. The predicted molar refractivity (Wildman–Crippen MR) is 82.0 cm³/mol. The zero-order chi connectivity index (χ0) is 13.7. The number of nitrogens with one attached hydrogen (secondary N) is 1. The van der Waals surface area contributed by atoms with Gasteiger partial charge in [-0.2, -0.15) is 26.0 Å². The quantitative estimate of drug-likeness (QED) is 0.590. The molecule has 4 rings (SSSR count). The maximum atomic E-state index is 4.58. The number of fused-ring (bicyclic) bond motifs is 1. The lowest BCUT2D eigenvalue weighted by atomic mass is 10.3. The summed E-state index contributed by atoms with van der Waals surface area (Å²) in [6.45, 7) is 1.96. The van der Waals surface area contributed by atoms with Gasteiger partial charge in [0.05, 0.1) is 4.47 Å². The number of H-pyrrole nitrogens is 1. The van der Waals surface area contributed by atoms with Crippen LogP contribution in [0.15, 0.2) is 21.3 Å². The Morgan fingerprint density at radius 1 is 1.35 bits per heavy atom. The van der Waals surface area contributed by atoms with Crippen molar-refractivity contribution < 1.29 is 0 Å². The van der Waals surface area contributed by atoms with E-state index in [1.165, 1.54) is 11.3 Å². The molecule has 0 spiro atoms. The molecule has 1 N–H and O–H groups in total. The summed E-state index contributed by atoms with van der Waals surface area (Å²) in [5.74, 6) is 0.757. The van der Waals surface area contributed by atoms with Crippen molar-refractivity contribution in [1.82, 2.24) is 30.0 Å². The molecule has 0 unspecified atom stereocenters. The molecule has 0 atom stereocenters. The molecule has 20 heavy (non-hydrogen) atoms. The SMILES string of the molecule is Cc1[nH]nc(-c2nn3c(-c4ccsc4)nnc3s2)c1Br. The van der Waals surface area contributed by atoms with Gasteiger partial charge in [0.1, 0.15) is 5.69 Å². The third kappa shape index (κ3) is 1.74. The number of hydrogen-bond acceptors (Lipinski definition) is 6. The average molecular weight is 367 g/mol. The van der Waals surface area contributed by atoms with E-state index < -0.39 is 0 Å². The molecular formula is C11H7BrN6S2. The first-order valence-corrected chi connectivity index (χ1v) is 8.25. The normalized spacial score (nSPS) is 11.5. The number of aromatic nitrogens is 6. The lowest BCUT2D eigenvalue weighted by Gasteiger charge is -1.91. The van der Waals surface area contributed by atoms with E-state index in [0.717, 1.165) is 37.2 Å². The fourth-order valence-corrected chi connectivity index (χ4v) is 3.81. The molecule has 6 nitrogen and oxygen atoms in total. The van der Waals surface area contributed by atoms with E-state index in [1.54, 1.807) is 15.9 Å². The molecule has 0 aliphatic heterocycles. The van der Waals surface area contributed by atoms with Gasteiger partial charge in [-0.25, -0.2) is 0 Å². The zero-order valence-corrected chi connectivity index (χ0v) is 13.4. The van der Waals surface area contributed by atoms with Crippen LogP contribution in [-0.4, -0.2) is 30.0 Å². The second kappa shape index (κ2) is 4.47. The van der Waals surface area contributed by atoms with Crippen molar-refractivity contribution in [2.45, 2.75) is 6.92 Å². The monoisotopic (exact) mass is 366 g/mol. The van der Waals surface area contributed by atoms with Crippen LogP contribution in [0.2, 0.25) is 0 Å². The van der Waals surface area contributed by atoms with Gasteiger partial charge >= 0.3 is 0 Å². The van der Waals surface area contributed by atoms with Gasteiger partial charge in [0.15, 0.2) is 10.8 Å². The fraction of sp³-hybridized carbons (Fsp3) is 0.0909. The van der Waals surface area contributed by atoms with Gasteiger partial charge in [0.25, 0.3) is 0 Å². The number of rotatable bonds is 2. The summed E-state index contributed by atoms with van der Waals surface area (Å²) in [7, 11) is 0. The van der Waals surface area contributed by atoms with Gasteiger partial charge in [0, 0.05) is 16.6 Å². The van der Waals surface area contributed by atoms with Gasteiger partial charge in [-0.15, -0.1) is 10.2 Å².